The molecule has 8 heteroatoms. The number of hydrogen-bond acceptors (Lipinski definition) is 4. The molecule has 0 saturated carbocycles. The van der Waals surface area contributed by atoms with E-state index in [2.05, 4.69) is 31.1 Å². The van der Waals surface area contributed by atoms with Crippen molar-refractivity contribution < 1.29 is 14.6 Å². The first-order chi connectivity index (χ1) is 11.9. The predicted molar refractivity (Wildman–Crippen MR) is 98.9 cm³/mol. The van der Waals surface area contributed by atoms with E-state index in [9.17, 15) is 9.90 Å². The fourth-order valence-corrected chi connectivity index (χ4v) is 2.87. The fraction of sp³-hybridized carbons (Fsp3) is 0.118. The number of carbonyl (C=O) groups is 1. The normalized spacial score (nSPS) is 11.3. The second kappa shape index (κ2) is 7.25. The van der Waals surface area contributed by atoms with Crippen molar-refractivity contribution in [1.29, 1.82) is 0 Å². The molecule has 2 aromatic carbocycles. The van der Waals surface area contributed by atoms with Crippen molar-refractivity contribution in [1.82, 2.24) is 4.98 Å². The summed E-state index contributed by atoms with van der Waals surface area (Å²) in [4.78, 5) is 14.7. The van der Waals surface area contributed by atoms with Crippen LogP contribution in [0.25, 0.3) is 10.9 Å². The van der Waals surface area contributed by atoms with Crippen LogP contribution in [0.1, 0.15) is 5.56 Å². The van der Waals surface area contributed by atoms with Crippen molar-refractivity contribution >= 4 is 50.0 Å². The van der Waals surface area contributed by atoms with Crippen LogP contribution < -0.4 is 4.74 Å². The molecule has 1 aromatic heterocycles. The highest BCUT2D eigenvalue weighted by Crippen LogP contribution is 2.36. The number of aryl methyl sites for hydroxylation is 1. The van der Waals surface area contributed by atoms with Crippen LogP contribution in [0, 0.1) is 6.92 Å². The number of H-pyrrole nitrogens is 1. The second-order valence-electron chi connectivity index (χ2n) is 5.30. The molecule has 0 aliphatic carbocycles. The number of amides is 1. The molecule has 0 spiro atoms. The Morgan fingerprint density at radius 1 is 1.32 bits per heavy atom. The summed E-state index contributed by atoms with van der Waals surface area (Å²) in [6.07, 6.45) is 0. The number of aromatic amines is 1. The first-order valence-corrected chi connectivity index (χ1v) is 8.45. The number of carbonyl (C=O) groups excluding carboxylic acids is 1. The fourth-order valence-electron chi connectivity index (χ4n) is 2.29. The number of azo groups is 1. The van der Waals surface area contributed by atoms with E-state index in [1.54, 1.807) is 30.3 Å². The predicted octanol–water partition coefficient (Wildman–Crippen LogP) is 5.29. The van der Waals surface area contributed by atoms with E-state index in [4.69, 9.17) is 16.3 Å². The van der Waals surface area contributed by atoms with Crippen LogP contribution in [-0.2, 0) is 4.79 Å². The SMILES string of the molecule is Cc1cc(Cl)ccc1OCC(=O)N=Nc1c(O)[nH]c2ccc(Br)cc12. The molecule has 2 N–H and O–H groups in total. The van der Waals surface area contributed by atoms with Crippen molar-refractivity contribution in [3.8, 4) is 11.6 Å². The van der Waals surface area contributed by atoms with Gasteiger partial charge in [-0.05, 0) is 48.9 Å². The number of halogens is 2. The maximum Gasteiger partial charge on any atom is 0.302 e. The number of rotatable bonds is 4. The lowest BCUT2D eigenvalue weighted by Gasteiger charge is -2.06. The molecule has 0 aliphatic rings. The molecule has 3 aromatic rings. The van der Waals surface area contributed by atoms with Gasteiger partial charge >= 0.3 is 5.91 Å². The van der Waals surface area contributed by atoms with Crippen molar-refractivity contribution in [2.24, 2.45) is 10.2 Å². The number of fused-ring (bicyclic) bond motifs is 1. The largest absolute Gasteiger partial charge is 0.493 e. The number of aromatic hydroxyl groups is 1. The van der Waals surface area contributed by atoms with Crippen LogP contribution in [0.5, 0.6) is 11.6 Å². The van der Waals surface area contributed by atoms with Crippen LogP contribution in [-0.4, -0.2) is 22.6 Å². The average molecular weight is 423 g/mol. The summed E-state index contributed by atoms with van der Waals surface area (Å²) < 4.78 is 6.24. The molecular formula is C17H13BrClN3O3. The molecule has 6 nitrogen and oxygen atoms in total. The van der Waals surface area contributed by atoms with Gasteiger partial charge in [-0.2, -0.15) is 0 Å². The van der Waals surface area contributed by atoms with E-state index in [0.717, 1.165) is 10.0 Å². The van der Waals surface area contributed by atoms with Gasteiger partial charge in [-0.3, -0.25) is 4.79 Å². The topological polar surface area (TPSA) is 87.0 Å². The summed E-state index contributed by atoms with van der Waals surface area (Å²) in [6.45, 7) is 1.56. The highest BCUT2D eigenvalue weighted by molar-refractivity contribution is 9.10. The molecule has 0 bridgehead atoms. The molecule has 25 heavy (non-hydrogen) atoms. The summed E-state index contributed by atoms with van der Waals surface area (Å²) in [5, 5.41) is 18.6. The third-order valence-electron chi connectivity index (χ3n) is 3.46. The lowest BCUT2D eigenvalue weighted by molar-refractivity contribution is -0.120. The zero-order valence-corrected chi connectivity index (χ0v) is 15.4. The number of benzene rings is 2. The van der Waals surface area contributed by atoms with Gasteiger partial charge < -0.3 is 14.8 Å². The lowest BCUT2D eigenvalue weighted by atomic mass is 10.2. The average Bonchev–Trinajstić information content (AvgIpc) is 2.87. The van der Waals surface area contributed by atoms with Crippen LogP contribution in [0.2, 0.25) is 5.02 Å². The van der Waals surface area contributed by atoms with E-state index in [-0.39, 0.29) is 18.2 Å². The van der Waals surface area contributed by atoms with Gasteiger partial charge in [0.2, 0.25) is 5.88 Å². The van der Waals surface area contributed by atoms with Gasteiger partial charge in [-0.15, -0.1) is 10.2 Å². The highest BCUT2D eigenvalue weighted by Gasteiger charge is 2.12. The maximum atomic E-state index is 11.9. The minimum Gasteiger partial charge on any atom is -0.493 e. The van der Waals surface area contributed by atoms with E-state index >= 15 is 0 Å². The Balaban J connectivity index is 1.72. The van der Waals surface area contributed by atoms with Gasteiger partial charge in [-0.25, -0.2) is 0 Å². The summed E-state index contributed by atoms with van der Waals surface area (Å²) in [5.74, 6) is -0.177. The second-order valence-corrected chi connectivity index (χ2v) is 6.66. The number of aromatic nitrogens is 1. The molecular weight excluding hydrogens is 410 g/mol. The Kier molecular flexibility index (Phi) is 5.06. The Morgan fingerprint density at radius 2 is 2.12 bits per heavy atom. The smallest absolute Gasteiger partial charge is 0.302 e. The number of nitrogens with one attached hydrogen (secondary N) is 1. The van der Waals surface area contributed by atoms with Gasteiger partial charge in [0, 0.05) is 14.9 Å². The Bertz CT molecular complexity index is 985. The summed E-state index contributed by atoms with van der Waals surface area (Å²) in [6, 6.07) is 10.5. The number of nitrogens with zero attached hydrogens (tertiary/aromatic N) is 2. The summed E-state index contributed by atoms with van der Waals surface area (Å²) in [7, 11) is 0. The number of ether oxygens (including phenoxy) is 1. The Hall–Kier alpha value is -2.38. The quantitative estimate of drug-likeness (QED) is 0.560. The Labute approximate surface area is 156 Å². The summed E-state index contributed by atoms with van der Waals surface area (Å²) >= 11 is 9.23. The molecule has 0 unspecified atom stereocenters. The van der Waals surface area contributed by atoms with Crippen molar-refractivity contribution in [3.63, 3.8) is 0 Å². The van der Waals surface area contributed by atoms with Gasteiger partial charge in [0.1, 0.15) is 5.75 Å². The van der Waals surface area contributed by atoms with Gasteiger partial charge in [0.25, 0.3) is 0 Å². The zero-order valence-electron chi connectivity index (χ0n) is 13.1. The van der Waals surface area contributed by atoms with E-state index in [1.165, 1.54) is 0 Å². The van der Waals surface area contributed by atoms with Crippen LogP contribution >= 0.6 is 27.5 Å². The molecule has 128 valence electrons. The molecule has 0 saturated heterocycles. The van der Waals surface area contributed by atoms with Crippen molar-refractivity contribution in [2.45, 2.75) is 6.92 Å². The van der Waals surface area contributed by atoms with Crippen molar-refractivity contribution in [3.05, 3.63) is 51.5 Å². The molecule has 3 rings (SSSR count). The monoisotopic (exact) mass is 421 g/mol. The van der Waals surface area contributed by atoms with E-state index < -0.39 is 5.91 Å². The molecule has 1 heterocycles. The standard InChI is InChI=1S/C17H13BrClN3O3/c1-9-6-11(19)3-5-14(9)25-8-15(23)21-22-16-12-7-10(18)2-4-13(12)20-17(16)24/h2-7,20,24H,8H2,1H3. The first kappa shape index (κ1) is 17.4. The molecule has 0 fully saturated rings. The highest BCUT2D eigenvalue weighted by atomic mass is 79.9. The lowest BCUT2D eigenvalue weighted by Crippen LogP contribution is -2.08. The molecule has 0 aliphatic heterocycles. The third kappa shape index (κ3) is 4.00. The molecule has 0 radical (unpaired) electrons. The minimum atomic E-state index is -0.571. The molecule has 1 amide bonds. The van der Waals surface area contributed by atoms with E-state index in [0.29, 0.717) is 21.7 Å². The van der Waals surface area contributed by atoms with Crippen LogP contribution in [0.3, 0.4) is 0 Å². The maximum absolute atomic E-state index is 11.9. The summed E-state index contributed by atoms with van der Waals surface area (Å²) in [5.41, 5.74) is 1.71. The first-order valence-electron chi connectivity index (χ1n) is 7.28. The molecule has 0 atom stereocenters. The van der Waals surface area contributed by atoms with Gasteiger partial charge in [0.15, 0.2) is 12.3 Å². The van der Waals surface area contributed by atoms with Crippen LogP contribution in [0.15, 0.2) is 51.1 Å². The van der Waals surface area contributed by atoms with Gasteiger partial charge in [0.05, 0.1) is 5.52 Å². The third-order valence-corrected chi connectivity index (χ3v) is 4.19. The zero-order chi connectivity index (χ0) is 18.0. The Morgan fingerprint density at radius 3 is 2.88 bits per heavy atom. The van der Waals surface area contributed by atoms with E-state index in [1.807, 2.05) is 13.0 Å². The van der Waals surface area contributed by atoms with Crippen molar-refractivity contribution in [2.75, 3.05) is 6.61 Å². The number of hydrogen-bond donors (Lipinski definition) is 2. The van der Waals surface area contributed by atoms with Gasteiger partial charge in [-0.1, -0.05) is 27.5 Å². The van der Waals surface area contributed by atoms with Crippen LogP contribution in [0.4, 0.5) is 5.69 Å². The minimum absolute atomic E-state index is 0.154.